The molecule has 1 heterocycles. The number of hydrogen-bond acceptors (Lipinski definition) is 4. The lowest BCUT2D eigenvalue weighted by molar-refractivity contribution is 0.766. The summed E-state index contributed by atoms with van der Waals surface area (Å²) in [5.74, 6) is 0.841. The summed E-state index contributed by atoms with van der Waals surface area (Å²) in [6.45, 7) is 2.03. The quantitative estimate of drug-likeness (QED) is 0.492. The molecular formula is C19H18N4S. The first-order chi connectivity index (χ1) is 11.8. The topological polar surface area (TPSA) is 43.1 Å². The molecule has 3 aromatic rings. The van der Waals surface area contributed by atoms with Crippen molar-refractivity contribution < 1.29 is 0 Å². The standard InChI is InChI=1S/C19H18N4S/c1-16(12-17-8-4-2-5-9-17)13-21-23-15-20-22-19(23)24-14-18-10-6-3-7-11-18/h2-13,15H,14H2,1H3/b16-12-,21-13+. The minimum absolute atomic E-state index is 0.780. The van der Waals surface area contributed by atoms with Crippen LogP contribution in [-0.4, -0.2) is 21.1 Å². The van der Waals surface area contributed by atoms with Crippen molar-refractivity contribution in [2.45, 2.75) is 17.8 Å². The van der Waals surface area contributed by atoms with E-state index in [1.165, 1.54) is 5.56 Å². The van der Waals surface area contributed by atoms with Crippen LogP contribution in [0.1, 0.15) is 18.1 Å². The van der Waals surface area contributed by atoms with Crippen LogP contribution in [0.25, 0.3) is 6.08 Å². The van der Waals surface area contributed by atoms with Gasteiger partial charge in [0, 0.05) is 5.75 Å². The number of nitrogens with zero attached hydrogens (tertiary/aromatic N) is 4. The number of hydrogen-bond donors (Lipinski definition) is 0. The zero-order valence-electron chi connectivity index (χ0n) is 13.4. The van der Waals surface area contributed by atoms with E-state index in [1.54, 1.807) is 22.8 Å². The van der Waals surface area contributed by atoms with Crippen LogP contribution < -0.4 is 0 Å². The lowest BCUT2D eigenvalue weighted by Crippen LogP contribution is -1.92. The van der Waals surface area contributed by atoms with Crippen LogP contribution in [0.3, 0.4) is 0 Å². The molecular weight excluding hydrogens is 316 g/mol. The second-order valence-electron chi connectivity index (χ2n) is 5.28. The smallest absolute Gasteiger partial charge is 0.195 e. The first-order valence-electron chi connectivity index (χ1n) is 7.66. The van der Waals surface area contributed by atoms with Gasteiger partial charge in [-0.25, -0.2) is 0 Å². The highest BCUT2D eigenvalue weighted by Gasteiger charge is 2.04. The van der Waals surface area contributed by atoms with E-state index in [4.69, 9.17) is 0 Å². The van der Waals surface area contributed by atoms with Gasteiger partial charge in [-0.3, -0.25) is 0 Å². The maximum absolute atomic E-state index is 4.45. The number of thioether (sulfide) groups is 1. The van der Waals surface area contributed by atoms with Gasteiger partial charge in [0.2, 0.25) is 5.16 Å². The molecule has 120 valence electrons. The van der Waals surface area contributed by atoms with Crippen LogP contribution in [0.2, 0.25) is 0 Å². The SMILES string of the molecule is CC(=C/c1ccccc1)/C=N/n1cnnc1SCc1ccccc1. The molecule has 0 atom stereocenters. The third kappa shape index (κ3) is 4.67. The molecule has 0 saturated heterocycles. The summed E-state index contributed by atoms with van der Waals surface area (Å²) in [5, 5.41) is 13.3. The minimum Gasteiger partial charge on any atom is -0.195 e. The first kappa shape index (κ1) is 16.2. The van der Waals surface area contributed by atoms with Crippen molar-refractivity contribution in [2.75, 3.05) is 0 Å². The Labute approximate surface area is 145 Å². The lowest BCUT2D eigenvalue weighted by Gasteiger charge is -2.01. The molecule has 0 N–H and O–H groups in total. The van der Waals surface area contributed by atoms with Gasteiger partial charge in [-0.15, -0.1) is 10.2 Å². The third-order valence-corrected chi connectivity index (χ3v) is 4.30. The van der Waals surface area contributed by atoms with E-state index >= 15 is 0 Å². The first-order valence-corrected chi connectivity index (χ1v) is 8.64. The Balaban J connectivity index is 1.65. The number of benzene rings is 2. The molecule has 3 rings (SSSR count). The molecule has 0 bridgehead atoms. The second-order valence-corrected chi connectivity index (χ2v) is 6.22. The Bertz CT molecular complexity index is 823. The van der Waals surface area contributed by atoms with Crippen molar-refractivity contribution in [2.24, 2.45) is 5.10 Å². The highest BCUT2D eigenvalue weighted by atomic mass is 32.2. The molecule has 0 aliphatic heterocycles. The van der Waals surface area contributed by atoms with E-state index < -0.39 is 0 Å². The highest BCUT2D eigenvalue weighted by Crippen LogP contribution is 2.20. The number of aromatic nitrogens is 3. The summed E-state index contributed by atoms with van der Waals surface area (Å²) in [5.41, 5.74) is 3.47. The Morgan fingerprint density at radius 2 is 1.79 bits per heavy atom. The fraction of sp³-hybridized carbons (Fsp3) is 0.105. The third-order valence-electron chi connectivity index (χ3n) is 3.29. The van der Waals surface area contributed by atoms with E-state index in [0.29, 0.717) is 0 Å². The molecule has 0 saturated carbocycles. The number of allylic oxidation sites excluding steroid dienone is 1. The van der Waals surface area contributed by atoms with Gasteiger partial charge in [-0.05, 0) is 23.6 Å². The second kappa shape index (κ2) is 8.26. The van der Waals surface area contributed by atoms with Gasteiger partial charge in [0.05, 0.1) is 6.21 Å². The van der Waals surface area contributed by atoms with E-state index in [0.717, 1.165) is 22.0 Å². The van der Waals surface area contributed by atoms with Gasteiger partial charge in [-0.2, -0.15) is 9.78 Å². The minimum atomic E-state index is 0.780. The van der Waals surface area contributed by atoms with Crippen molar-refractivity contribution in [3.63, 3.8) is 0 Å². The molecule has 0 unspecified atom stereocenters. The summed E-state index contributed by atoms with van der Waals surface area (Å²) >= 11 is 1.62. The molecule has 0 spiro atoms. The molecule has 24 heavy (non-hydrogen) atoms. The maximum atomic E-state index is 4.45. The van der Waals surface area contributed by atoms with Crippen molar-refractivity contribution in [1.82, 2.24) is 14.9 Å². The zero-order valence-corrected chi connectivity index (χ0v) is 14.2. The Hall–Kier alpha value is -2.66. The maximum Gasteiger partial charge on any atom is 0.212 e. The molecule has 2 aromatic carbocycles. The largest absolute Gasteiger partial charge is 0.212 e. The van der Waals surface area contributed by atoms with Gasteiger partial charge < -0.3 is 0 Å². The van der Waals surface area contributed by atoms with E-state index in [-0.39, 0.29) is 0 Å². The van der Waals surface area contributed by atoms with Gasteiger partial charge in [0.25, 0.3) is 0 Å². The zero-order chi connectivity index (χ0) is 16.6. The van der Waals surface area contributed by atoms with Gasteiger partial charge in [0.15, 0.2) is 0 Å². The van der Waals surface area contributed by atoms with E-state index in [1.807, 2.05) is 49.5 Å². The van der Waals surface area contributed by atoms with Crippen molar-refractivity contribution >= 4 is 24.1 Å². The Morgan fingerprint density at radius 3 is 2.54 bits per heavy atom. The average molecular weight is 334 g/mol. The lowest BCUT2D eigenvalue weighted by atomic mass is 10.1. The molecule has 0 aliphatic rings. The summed E-state index contributed by atoms with van der Waals surface area (Å²) < 4.78 is 1.70. The van der Waals surface area contributed by atoms with E-state index in [9.17, 15) is 0 Å². The van der Waals surface area contributed by atoms with Crippen molar-refractivity contribution in [3.05, 3.63) is 83.7 Å². The van der Waals surface area contributed by atoms with Crippen LogP contribution in [0.15, 0.2) is 82.8 Å². The van der Waals surface area contributed by atoms with Crippen LogP contribution in [0.4, 0.5) is 0 Å². The Kier molecular flexibility index (Phi) is 5.58. The van der Waals surface area contributed by atoms with Crippen LogP contribution in [-0.2, 0) is 5.75 Å². The number of rotatable bonds is 6. The molecule has 0 amide bonds. The normalized spacial score (nSPS) is 12.0. The van der Waals surface area contributed by atoms with Crippen LogP contribution in [0, 0.1) is 0 Å². The molecule has 0 fully saturated rings. The van der Waals surface area contributed by atoms with Gasteiger partial charge in [0.1, 0.15) is 6.33 Å². The van der Waals surface area contributed by atoms with Crippen molar-refractivity contribution in [1.29, 1.82) is 0 Å². The summed E-state index contributed by atoms with van der Waals surface area (Å²) in [6, 6.07) is 20.5. The summed E-state index contributed by atoms with van der Waals surface area (Å²) in [6.07, 6.45) is 5.53. The predicted molar refractivity (Wildman–Crippen MR) is 100 cm³/mol. The monoisotopic (exact) mass is 334 g/mol. The summed E-state index contributed by atoms with van der Waals surface area (Å²) in [4.78, 5) is 0. The molecule has 4 nitrogen and oxygen atoms in total. The molecule has 0 aliphatic carbocycles. The predicted octanol–water partition coefficient (Wildman–Crippen LogP) is 4.51. The molecule has 1 aromatic heterocycles. The van der Waals surface area contributed by atoms with Crippen LogP contribution in [0.5, 0.6) is 0 Å². The average Bonchev–Trinajstić information content (AvgIpc) is 3.07. The van der Waals surface area contributed by atoms with Crippen molar-refractivity contribution in [3.8, 4) is 0 Å². The van der Waals surface area contributed by atoms with Crippen LogP contribution >= 0.6 is 11.8 Å². The fourth-order valence-corrected chi connectivity index (χ4v) is 2.94. The van der Waals surface area contributed by atoms with Gasteiger partial charge in [-0.1, -0.05) is 78.5 Å². The molecule has 0 radical (unpaired) electrons. The molecule has 5 heteroatoms. The summed E-state index contributed by atoms with van der Waals surface area (Å²) in [7, 11) is 0. The van der Waals surface area contributed by atoms with E-state index in [2.05, 4.69) is 45.6 Å². The Morgan fingerprint density at radius 1 is 1.08 bits per heavy atom. The fourth-order valence-electron chi connectivity index (χ4n) is 2.12. The highest BCUT2D eigenvalue weighted by molar-refractivity contribution is 7.98. The van der Waals surface area contributed by atoms with Gasteiger partial charge >= 0.3 is 0 Å².